The molecule has 1 aromatic carbocycles. The lowest BCUT2D eigenvalue weighted by Crippen LogP contribution is -2.18. The number of anilines is 1. The Morgan fingerprint density at radius 1 is 1.17 bits per heavy atom. The number of nitrogens with one attached hydrogen (secondary N) is 1. The summed E-state index contributed by atoms with van der Waals surface area (Å²) in [4.78, 5) is 20.5. The number of aryl methyl sites for hydroxylation is 2. The Morgan fingerprint density at radius 2 is 1.91 bits per heavy atom. The van der Waals surface area contributed by atoms with Crippen LogP contribution in [0.25, 0.3) is 5.69 Å². The minimum absolute atomic E-state index is 0.272. The predicted molar refractivity (Wildman–Crippen MR) is 86.7 cm³/mol. The van der Waals surface area contributed by atoms with Crippen molar-refractivity contribution >= 4 is 11.6 Å². The van der Waals surface area contributed by atoms with Crippen LogP contribution in [-0.2, 0) is 6.54 Å². The molecular weight excluding hydrogens is 292 g/mol. The summed E-state index contributed by atoms with van der Waals surface area (Å²) in [6.07, 6.45) is 3.17. The Kier molecular flexibility index (Phi) is 3.92. The summed E-state index contributed by atoms with van der Waals surface area (Å²) in [6, 6.07) is 7.59. The summed E-state index contributed by atoms with van der Waals surface area (Å²) in [5, 5.41) is 6.83. The number of amides is 1. The van der Waals surface area contributed by atoms with Crippen LogP contribution in [0.2, 0.25) is 0 Å². The highest BCUT2D eigenvalue weighted by Crippen LogP contribution is 2.17. The van der Waals surface area contributed by atoms with E-state index in [-0.39, 0.29) is 5.91 Å². The quantitative estimate of drug-likeness (QED) is 0.802. The van der Waals surface area contributed by atoms with Gasteiger partial charge in [-0.25, -0.2) is 14.6 Å². The minimum atomic E-state index is -0.272. The third kappa shape index (κ3) is 2.85. The fourth-order valence-corrected chi connectivity index (χ4v) is 2.32. The van der Waals surface area contributed by atoms with E-state index in [9.17, 15) is 4.79 Å². The summed E-state index contributed by atoms with van der Waals surface area (Å²) in [7, 11) is 0. The van der Waals surface area contributed by atoms with Crippen LogP contribution in [0.15, 0.2) is 36.9 Å². The third-order valence-corrected chi connectivity index (χ3v) is 3.77. The molecule has 2 heterocycles. The fourth-order valence-electron chi connectivity index (χ4n) is 2.32. The van der Waals surface area contributed by atoms with Gasteiger partial charge in [0.15, 0.2) is 0 Å². The average molecular weight is 310 g/mol. The van der Waals surface area contributed by atoms with Gasteiger partial charge in [-0.05, 0) is 45.0 Å². The maximum atomic E-state index is 12.2. The van der Waals surface area contributed by atoms with Gasteiger partial charge < -0.3 is 9.88 Å². The van der Waals surface area contributed by atoms with Crippen molar-refractivity contribution in [3.8, 4) is 5.69 Å². The lowest BCUT2D eigenvalue weighted by atomic mass is 10.2. The van der Waals surface area contributed by atoms with E-state index in [2.05, 4.69) is 20.4 Å². The predicted octanol–water partition coefficient (Wildman–Crippen LogP) is 2.35. The Labute approximate surface area is 134 Å². The molecule has 0 radical (unpaired) electrons. The average Bonchev–Trinajstić information content (AvgIpc) is 3.16. The van der Waals surface area contributed by atoms with Crippen LogP contribution in [-0.4, -0.2) is 30.2 Å². The molecule has 118 valence electrons. The highest BCUT2D eigenvalue weighted by Gasteiger charge is 2.13. The molecule has 3 rings (SSSR count). The van der Waals surface area contributed by atoms with Gasteiger partial charge in [0.2, 0.25) is 5.82 Å². The summed E-state index contributed by atoms with van der Waals surface area (Å²) < 4.78 is 3.57. The molecule has 0 bridgehead atoms. The van der Waals surface area contributed by atoms with Crippen molar-refractivity contribution < 1.29 is 4.79 Å². The molecule has 1 amide bonds. The molecular formula is C16H18N6O. The second kappa shape index (κ2) is 6.04. The van der Waals surface area contributed by atoms with Crippen LogP contribution in [0.5, 0.6) is 0 Å². The van der Waals surface area contributed by atoms with E-state index < -0.39 is 0 Å². The van der Waals surface area contributed by atoms with Gasteiger partial charge in [-0.15, -0.1) is 0 Å². The Hall–Kier alpha value is -2.96. The largest absolute Gasteiger partial charge is 0.319 e. The first-order chi connectivity index (χ1) is 11.1. The molecule has 0 aliphatic heterocycles. The van der Waals surface area contributed by atoms with Gasteiger partial charge in [-0.2, -0.15) is 5.10 Å². The molecule has 23 heavy (non-hydrogen) atoms. The molecule has 0 saturated heterocycles. The van der Waals surface area contributed by atoms with Gasteiger partial charge in [0.25, 0.3) is 5.91 Å². The van der Waals surface area contributed by atoms with Gasteiger partial charge in [-0.3, -0.25) is 4.79 Å². The van der Waals surface area contributed by atoms with Crippen molar-refractivity contribution in [1.29, 1.82) is 0 Å². The summed E-state index contributed by atoms with van der Waals surface area (Å²) >= 11 is 0. The van der Waals surface area contributed by atoms with Crippen molar-refractivity contribution in [2.45, 2.75) is 27.3 Å². The zero-order valence-electron chi connectivity index (χ0n) is 13.3. The normalized spacial score (nSPS) is 10.7. The Bertz CT molecular complexity index is 831. The van der Waals surface area contributed by atoms with Gasteiger partial charge in [0.1, 0.15) is 6.33 Å². The smallest absolute Gasteiger partial charge is 0.293 e. The second-order valence-electron chi connectivity index (χ2n) is 5.19. The topological polar surface area (TPSA) is 77.6 Å². The molecule has 0 atom stereocenters. The second-order valence-corrected chi connectivity index (χ2v) is 5.19. The van der Waals surface area contributed by atoms with E-state index in [4.69, 9.17) is 0 Å². The molecule has 2 aromatic heterocycles. The summed E-state index contributed by atoms with van der Waals surface area (Å²) in [6.45, 7) is 6.51. The Balaban J connectivity index is 1.78. The first-order valence-electron chi connectivity index (χ1n) is 7.40. The summed E-state index contributed by atoms with van der Waals surface area (Å²) in [5.74, 6) is 0.0319. The zero-order chi connectivity index (χ0) is 16.4. The molecule has 0 saturated carbocycles. The van der Waals surface area contributed by atoms with Crippen LogP contribution in [0.1, 0.15) is 28.9 Å². The van der Waals surface area contributed by atoms with E-state index in [0.717, 1.165) is 17.1 Å². The number of benzene rings is 1. The van der Waals surface area contributed by atoms with Crippen molar-refractivity contribution in [2.24, 2.45) is 0 Å². The monoisotopic (exact) mass is 310 g/mol. The minimum Gasteiger partial charge on any atom is -0.319 e. The molecule has 7 nitrogen and oxygen atoms in total. The van der Waals surface area contributed by atoms with Gasteiger partial charge >= 0.3 is 0 Å². The van der Waals surface area contributed by atoms with E-state index >= 15 is 0 Å². The molecule has 0 unspecified atom stereocenters. The van der Waals surface area contributed by atoms with Crippen molar-refractivity contribution in [3.05, 3.63) is 54.1 Å². The van der Waals surface area contributed by atoms with Crippen LogP contribution < -0.4 is 5.32 Å². The number of rotatable bonds is 4. The maximum absolute atomic E-state index is 12.2. The molecule has 7 heteroatoms. The maximum Gasteiger partial charge on any atom is 0.293 e. The van der Waals surface area contributed by atoms with E-state index in [0.29, 0.717) is 18.1 Å². The number of aromatic nitrogens is 5. The number of carbonyl (C=O) groups is 1. The van der Waals surface area contributed by atoms with Crippen molar-refractivity contribution in [1.82, 2.24) is 24.3 Å². The molecule has 1 N–H and O–H groups in total. The highest BCUT2D eigenvalue weighted by molar-refractivity contribution is 6.01. The fraction of sp³-hybridized carbons (Fsp3) is 0.250. The molecule has 0 spiro atoms. The molecule has 0 fully saturated rings. The molecule has 0 aliphatic carbocycles. The van der Waals surface area contributed by atoms with Gasteiger partial charge in [0.05, 0.1) is 12.0 Å². The lowest BCUT2D eigenvalue weighted by Gasteiger charge is -2.08. The van der Waals surface area contributed by atoms with Gasteiger partial charge in [-0.1, -0.05) is 0 Å². The highest BCUT2D eigenvalue weighted by atomic mass is 16.2. The van der Waals surface area contributed by atoms with Crippen LogP contribution in [0.3, 0.4) is 0 Å². The number of nitrogens with zero attached hydrogens (tertiary/aromatic N) is 5. The number of carbonyl (C=O) groups excluding carboxylic acids is 1. The Morgan fingerprint density at radius 3 is 2.52 bits per heavy atom. The number of hydrogen-bond acceptors (Lipinski definition) is 4. The van der Waals surface area contributed by atoms with E-state index in [1.165, 1.54) is 6.33 Å². The van der Waals surface area contributed by atoms with Crippen LogP contribution in [0, 0.1) is 13.8 Å². The first kappa shape index (κ1) is 15.0. The summed E-state index contributed by atoms with van der Waals surface area (Å²) in [5.41, 5.74) is 3.80. The lowest BCUT2D eigenvalue weighted by molar-refractivity contribution is 0.101. The molecule has 0 aliphatic rings. The first-order valence-corrected chi connectivity index (χ1v) is 7.40. The SMILES string of the molecule is CCn1ncnc1C(=O)Nc1ccc(-n2cnc(C)c2C)cc1. The van der Waals surface area contributed by atoms with E-state index in [1.54, 1.807) is 11.0 Å². The van der Waals surface area contributed by atoms with Crippen molar-refractivity contribution in [2.75, 3.05) is 5.32 Å². The van der Waals surface area contributed by atoms with Crippen molar-refractivity contribution in [3.63, 3.8) is 0 Å². The molecule has 3 aromatic rings. The number of imidazole rings is 1. The number of hydrogen-bond donors (Lipinski definition) is 1. The van der Waals surface area contributed by atoms with Crippen LogP contribution in [0.4, 0.5) is 5.69 Å². The third-order valence-electron chi connectivity index (χ3n) is 3.77. The van der Waals surface area contributed by atoms with Crippen LogP contribution >= 0.6 is 0 Å². The standard InChI is InChI=1S/C16H18N6O/c1-4-22-15(17-9-19-22)16(23)20-13-5-7-14(8-6-13)21-10-18-11(2)12(21)3/h5-10H,4H2,1-3H3,(H,20,23). The zero-order valence-corrected chi connectivity index (χ0v) is 13.3. The van der Waals surface area contributed by atoms with E-state index in [1.807, 2.05) is 49.6 Å². The van der Waals surface area contributed by atoms with Gasteiger partial charge in [0, 0.05) is 23.6 Å².